The van der Waals surface area contributed by atoms with Crippen LogP contribution in [0, 0.1) is 5.92 Å². The van der Waals surface area contributed by atoms with E-state index in [0.717, 1.165) is 0 Å². The molecule has 7 heteroatoms. The Kier molecular flexibility index (Phi) is 5.08. The summed E-state index contributed by atoms with van der Waals surface area (Å²) in [5, 5.41) is 0. The first-order chi connectivity index (χ1) is 10.8. The fourth-order valence-corrected chi connectivity index (χ4v) is 2.57. The van der Waals surface area contributed by atoms with E-state index in [2.05, 4.69) is 0 Å². The Bertz CT molecular complexity index is 612. The number of halogens is 3. The van der Waals surface area contributed by atoms with Crippen molar-refractivity contribution < 1.29 is 22.8 Å². The lowest BCUT2D eigenvalue weighted by Crippen LogP contribution is -2.43. The van der Waals surface area contributed by atoms with Crippen LogP contribution in [0.2, 0.25) is 0 Å². The van der Waals surface area contributed by atoms with Crippen LogP contribution >= 0.6 is 0 Å². The van der Waals surface area contributed by atoms with Gasteiger partial charge in [0.1, 0.15) is 0 Å². The average Bonchev–Trinajstić information content (AvgIpc) is 2.52. The smallest absolute Gasteiger partial charge is 0.369 e. The van der Waals surface area contributed by atoms with Crippen molar-refractivity contribution in [2.24, 2.45) is 11.7 Å². The van der Waals surface area contributed by atoms with E-state index in [-0.39, 0.29) is 12.1 Å². The highest BCUT2D eigenvalue weighted by molar-refractivity contribution is 5.96. The van der Waals surface area contributed by atoms with E-state index in [1.807, 2.05) is 0 Å². The van der Waals surface area contributed by atoms with Crippen molar-refractivity contribution in [1.82, 2.24) is 4.90 Å². The normalized spacial score (nSPS) is 19.5. The van der Waals surface area contributed by atoms with E-state index < -0.39 is 29.5 Å². The van der Waals surface area contributed by atoms with E-state index in [9.17, 15) is 22.8 Å². The number of nitrogens with two attached hydrogens (primary N) is 1. The molecule has 0 bridgehead atoms. The molecule has 1 heterocycles. The number of hydrogen-bond acceptors (Lipinski definition) is 2. The molecule has 0 aromatic heterocycles. The second-order valence-corrected chi connectivity index (χ2v) is 5.45. The molecule has 1 aliphatic rings. The number of amides is 2. The van der Waals surface area contributed by atoms with Gasteiger partial charge >= 0.3 is 6.18 Å². The summed E-state index contributed by atoms with van der Waals surface area (Å²) in [6.07, 6.45) is -2.96. The van der Waals surface area contributed by atoms with Gasteiger partial charge in [-0.15, -0.1) is 0 Å². The number of nitrogens with zero attached hydrogens (tertiary/aromatic N) is 1. The van der Waals surface area contributed by atoms with Gasteiger partial charge in [-0.25, -0.2) is 0 Å². The van der Waals surface area contributed by atoms with Crippen molar-refractivity contribution in [3.63, 3.8) is 0 Å². The van der Waals surface area contributed by atoms with Crippen LogP contribution in [-0.2, 0) is 9.59 Å². The number of primary amides is 1. The maximum Gasteiger partial charge on any atom is 0.417 e. The highest BCUT2D eigenvalue weighted by Crippen LogP contribution is 2.34. The Morgan fingerprint density at radius 3 is 2.43 bits per heavy atom. The highest BCUT2D eigenvalue weighted by atomic mass is 19.4. The second-order valence-electron chi connectivity index (χ2n) is 5.45. The first kappa shape index (κ1) is 17.1. The van der Waals surface area contributed by atoms with E-state index in [4.69, 9.17) is 5.73 Å². The van der Waals surface area contributed by atoms with E-state index in [0.29, 0.717) is 25.5 Å². The maximum atomic E-state index is 13.2. The largest absolute Gasteiger partial charge is 0.417 e. The molecule has 0 aliphatic carbocycles. The minimum atomic E-state index is -4.64. The molecule has 124 valence electrons. The zero-order valence-electron chi connectivity index (χ0n) is 12.3. The van der Waals surface area contributed by atoms with E-state index >= 15 is 0 Å². The van der Waals surface area contributed by atoms with Gasteiger partial charge in [-0.3, -0.25) is 9.59 Å². The van der Waals surface area contributed by atoms with Gasteiger partial charge in [0, 0.05) is 19.2 Å². The molecule has 0 saturated carbocycles. The molecular formula is C16H17F3N2O2. The second kappa shape index (κ2) is 6.85. The van der Waals surface area contributed by atoms with Gasteiger partial charge in [-0.2, -0.15) is 13.2 Å². The summed E-state index contributed by atoms with van der Waals surface area (Å²) in [4.78, 5) is 24.7. The number of carbonyl (C=O) groups excluding carboxylic acids is 2. The van der Waals surface area contributed by atoms with Crippen LogP contribution in [0.5, 0.6) is 0 Å². The number of piperidine rings is 1. The number of alkyl halides is 3. The van der Waals surface area contributed by atoms with Gasteiger partial charge in [0.2, 0.25) is 11.8 Å². The first-order valence-corrected chi connectivity index (χ1v) is 7.21. The summed E-state index contributed by atoms with van der Waals surface area (Å²) in [6, 6.07) is 7.15. The zero-order chi connectivity index (χ0) is 17.0. The predicted molar refractivity (Wildman–Crippen MR) is 79.0 cm³/mol. The SMILES string of the molecule is NC(=O)C1CCCN(C(=O)C=C(c2ccccc2)C(F)(F)F)C1. The van der Waals surface area contributed by atoms with Crippen LogP contribution < -0.4 is 5.73 Å². The Balaban J connectivity index is 2.25. The van der Waals surface area contributed by atoms with Crippen molar-refractivity contribution in [3.05, 3.63) is 42.0 Å². The van der Waals surface area contributed by atoms with Gasteiger partial charge in [0.15, 0.2) is 0 Å². The zero-order valence-corrected chi connectivity index (χ0v) is 12.3. The molecule has 0 spiro atoms. The minimum absolute atomic E-state index is 0.0601. The first-order valence-electron chi connectivity index (χ1n) is 7.21. The van der Waals surface area contributed by atoms with E-state index in [1.165, 1.54) is 29.2 Å². The summed E-state index contributed by atoms with van der Waals surface area (Å²) in [6.45, 7) is 0.379. The molecule has 2 rings (SSSR count). The minimum Gasteiger partial charge on any atom is -0.369 e. The summed E-state index contributed by atoms with van der Waals surface area (Å²) in [5.74, 6) is -1.80. The Labute approximate surface area is 131 Å². The molecule has 23 heavy (non-hydrogen) atoms. The van der Waals surface area contributed by atoms with Gasteiger partial charge in [0.05, 0.1) is 11.5 Å². The van der Waals surface area contributed by atoms with Gasteiger partial charge < -0.3 is 10.6 Å². The van der Waals surface area contributed by atoms with Crippen LogP contribution in [0.4, 0.5) is 13.2 Å². The molecule has 1 atom stereocenters. The van der Waals surface area contributed by atoms with Crippen molar-refractivity contribution in [3.8, 4) is 0 Å². The lowest BCUT2D eigenvalue weighted by molar-refractivity contribution is -0.131. The predicted octanol–water partition coefficient (Wildman–Crippen LogP) is 2.36. The van der Waals surface area contributed by atoms with Crippen molar-refractivity contribution >= 4 is 17.4 Å². The summed E-state index contributed by atoms with van der Waals surface area (Å²) < 4.78 is 39.7. The number of carbonyl (C=O) groups is 2. The van der Waals surface area contributed by atoms with Crippen molar-refractivity contribution in [1.29, 1.82) is 0 Å². The summed E-state index contributed by atoms with van der Waals surface area (Å²) >= 11 is 0. The topological polar surface area (TPSA) is 63.4 Å². The molecule has 1 aliphatic heterocycles. The van der Waals surface area contributed by atoms with Gasteiger partial charge in [0.25, 0.3) is 0 Å². The third-order valence-corrected chi connectivity index (χ3v) is 3.79. The van der Waals surface area contributed by atoms with Crippen LogP contribution in [0.25, 0.3) is 5.57 Å². The molecule has 0 radical (unpaired) electrons. The van der Waals surface area contributed by atoms with Crippen LogP contribution in [0.3, 0.4) is 0 Å². The Morgan fingerprint density at radius 2 is 1.87 bits per heavy atom. The highest BCUT2D eigenvalue weighted by Gasteiger charge is 2.36. The number of allylic oxidation sites excluding steroid dienone is 1. The molecule has 1 fully saturated rings. The lowest BCUT2D eigenvalue weighted by atomic mass is 9.97. The molecule has 2 amide bonds. The van der Waals surface area contributed by atoms with Crippen LogP contribution in [-0.4, -0.2) is 36.0 Å². The number of benzene rings is 1. The quantitative estimate of drug-likeness (QED) is 0.867. The molecule has 4 nitrogen and oxygen atoms in total. The average molecular weight is 326 g/mol. The monoisotopic (exact) mass is 326 g/mol. The van der Waals surface area contributed by atoms with Crippen molar-refractivity contribution in [2.45, 2.75) is 19.0 Å². The van der Waals surface area contributed by atoms with Crippen LogP contribution in [0.1, 0.15) is 18.4 Å². The standard InChI is InChI=1S/C16H17F3N2O2/c17-16(18,19)13(11-5-2-1-3-6-11)9-14(22)21-8-4-7-12(10-21)15(20)23/h1-3,5-6,9,12H,4,7-8,10H2,(H2,20,23). The fraction of sp³-hybridized carbons (Fsp3) is 0.375. The molecular weight excluding hydrogens is 309 g/mol. The number of rotatable bonds is 3. The Hall–Kier alpha value is -2.31. The maximum absolute atomic E-state index is 13.2. The molecule has 1 saturated heterocycles. The molecule has 1 aromatic rings. The third kappa shape index (κ3) is 4.34. The summed E-state index contributed by atoms with van der Waals surface area (Å²) in [7, 11) is 0. The molecule has 2 N–H and O–H groups in total. The lowest BCUT2D eigenvalue weighted by Gasteiger charge is -2.30. The van der Waals surface area contributed by atoms with Crippen molar-refractivity contribution in [2.75, 3.05) is 13.1 Å². The molecule has 1 unspecified atom stereocenters. The third-order valence-electron chi connectivity index (χ3n) is 3.79. The fourth-order valence-electron chi connectivity index (χ4n) is 2.57. The Morgan fingerprint density at radius 1 is 1.22 bits per heavy atom. The summed E-state index contributed by atoms with van der Waals surface area (Å²) in [5.41, 5.74) is 4.15. The number of likely N-dealkylation sites (tertiary alicyclic amines) is 1. The number of hydrogen-bond donors (Lipinski definition) is 1. The van der Waals surface area contributed by atoms with Gasteiger partial charge in [-0.05, 0) is 18.4 Å². The molecule has 1 aromatic carbocycles. The van der Waals surface area contributed by atoms with Crippen LogP contribution in [0.15, 0.2) is 36.4 Å². The van der Waals surface area contributed by atoms with Gasteiger partial charge in [-0.1, -0.05) is 30.3 Å². The van der Waals surface area contributed by atoms with E-state index in [1.54, 1.807) is 6.07 Å².